The Balaban J connectivity index is 2.16. The Morgan fingerprint density at radius 3 is 2.29 bits per heavy atom. The Morgan fingerprint density at radius 2 is 1.62 bits per heavy atom. The molecule has 5 nitrogen and oxygen atoms in total. The van der Waals surface area contributed by atoms with Crippen molar-refractivity contribution in [1.82, 2.24) is 0 Å². The molecule has 0 aromatic heterocycles. The Morgan fingerprint density at radius 1 is 0.952 bits per heavy atom. The van der Waals surface area contributed by atoms with Gasteiger partial charge >= 0.3 is 6.16 Å². The van der Waals surface area contributed by atoms with Crippen molar-refractivity contribution >= 4 is 17.9 Å². The number of hydrogen-bond donors (Lipinski definition) is 0. The second-order valence-corrected chi connectivity index (χ2v) is 3.90. The van der Waals surface area contributed by atoms with Crippen molar-refractivity contribution in [3.8, 4) is 11.5 Å². The van der Waals surface area contributed by atoms with E-state index in [0.717, 1.165) is 0 Å². The van der Waals surface area contributed by atoms with Crippen LogP contribution < -0.4 is 9.47 Å². The average molecular weight is 284 g/mol. The van der Waals surface area contributed by atoms with Gasteiger partial charge in [0.05, 0.1) is 12.7 Å². The molecule has 2 aromatic carbocycles. The Kier molecular flexibility index (Phi) is 4.75. The predicted molar refractivity (Wildman–Crippen MR) is 75.6 cm³/mol. The summed E-state index contributed by atoms with van der Waals surface area (Å²) in [5.74, 6) is 2.10. The quantitative estimate of drug-likeness (QED) is 0.373. The van der Waals surface area contributed by atoms with Crippen LogP contribution in [0.3, 0.4) is 0 Å². The zero-order chi connectivity index (χ0) is 15.1. The van der Waals surface area contributed by atoms with Crippen molar-refractivity contribution in [2.75, 3.05) is 7.11 Å². The summed E-state index contributed by atoms with van der Waals surface area (Å²) in [7, 11) is 1.33. The number of benzene rings is 2. The van der Waals surface area contributed by atoms with Gasteiger partial charge in [0, 0.05) is 0 Å². The SMILES string of the molecule is COC(=C=O)c1ccccc1OC(=O)Oc1ccccc1. The molecule has 0 atom stereocenters. The van der Waals surface area contributed by atoms with Gasteiger partial charge < -0.3 is 14.2 Å². The van der Waals surface area contributed by atoms with Gasteiger partial charge in [-0.25, -0.2) is 9.59 Å². The van der Waals surface area contributed by atoms with E-state index in [4.69, 9.17) is 14.2 Å². The summed E-state index contributed by atoms with van der Waals surface area (Å²) in [6.45, 7) is 0. The zero-order valence-electron chi connectivity index (χ0n) is 11.2. The van der Waals surface area contributed by atoms with Crippen LogP contribution in [0.4, 0.5) is 4.79 Å². The normalized spacial score (nSPS) is 9.38. The summed E-state index contributed by atoms with van der Waals surface area (Å²) in [5, 5.41) is 0. The van der Waals surface area contributed by atoms with Crippen LogP contribution in [0.2, 0.25) is 0 Å². The first-order chi connectivity index (χ1) is 10.2. The molecule has 2 aromatic rings. The summed E-state index contributed by atoms with van der Waals surface area (Å²) < 4.78 is 15.0. The van der Waals surface area contributed by atoms with Crippen molar-refractivity contribution < 1.29 is 23.8 Å². The van der Waals surface area contributed by atoms with Crippen molar-refractivity contribution in [1.29, 1.82) is 0 Å². The lowest BCUT2D eigenvalue weighted by Crippen LogP contribution is -2.14. The van der Waals surface area contributed by atoms with Crippen LogP contribution in [0, 0.1) is 0 Å². The lowest BCUT2D eigenvalue weighted by molar-refractivity contribution is 0.151. The topological polar surface area (TPSA) is 61.8 Å². The maximum absolute atomic E-state index is 11.7. The number of ether oxygens (including phenoxy) is 3. The van der Waals surface area contributed by atoms with Crippen molar-refractivity contribution in [3.05, 3.63) is 60.2 Å². The third kappa shape index (κ3) is 3.72. The number of para-hydroxylation sites is 2. The molecule has 0 saturated heterocycles. The van der Waals surface area contributed by atoms with Gasteiger partial charge in [0.1, 0.15) is 11.5 Å². The summed E-state index contributed by atoms with van der Waals surface area (Å²) in [4.78, 5) is 22.5. The fourth-order valence-corrected chi connectivity index (χ4v) is 1.65. The molecule has 0 amide bonds. The first kappa shape index (κ1) is 14.4. The molecule has 0 aliphatic carbocycles. The van der Waals surface area contributed by atoms with E-state index in [0.29, 0.717) is 11.3 Å². The standard InChI is InChI=1S/C16H12O5/c1-19-15(11-17)13-9-5-6-10-14(13)21-16(18)20-12-7-3-2-4-8-12/h2-10H,1H3. The molecule has 2 rings (SSSR count). The molecule has 5 heteroatoms. The number of methoxy groups -OCH3 is 1. The Labute approximate surface area is 121 Å². The van der Waals surface area contributed by atoms with E-state index in [2.05, 4.69) is 0 Å². The number of carbonyl (C=O) groups is 1. The van der Waals surface area contributed by atoms with Gasteiger partial charge in [0.2, 0.25) is 5.76 Å². The molecule has 106 valence electrons. The molecule has 0 N–H and O–H groups in total. The summed E-state index contributed by atoms with van der Waals surface area (Å²) in [5.41, 5.74) is 0.319. The fraction of sp³-hybridized carbons (Fsp3) is 0.0625. The third-order valence-electron chi connectivity index (χ3n) is 2.57. The Bertz CT molecular complexity index is 672. The van der Waals surface area contributed by atoms with Crippen LogP contribution in [0.5, 0.6) is 11.5 Å². The van der Waals surface area contributed by atoms with E-state index >= 15 is 0 Å². The second kappa shape index (κ2) is 6.93. The average Bonchev–Trinajstić information content (AvgIpc) is 2.51. The van der Waals surface area contributed by atoms with Crippen LogP contribution in [0.15, 0.2) is 54.6 Å². The number of hydrogen-bond acceptors (Lipinski definition) is 5. The lowest BCUT2D eigenvalue weighted by atomic mass is 10.2. The Hall–Kier alpha value is -3.04. The minimum Gasteiger partial charge on any atom is -0.486 e. The van der Waals surface area contributed by atoms with E-state index in [1.807, 2.05) is 0 Å². The van der Waals surface area contributed by atoms with Crippen molar-refractivity contribution in [3.63, 3.8) is 0 Å². The third-order valence-corrected chi connectivity index (χ3v) is 2.57. The van der Waals surface area contributed by atoms with Crippen LogP contribution in [0.25, 0.3) is 5.76 Å². The van der Waals surface area contributed by atoms with Crippen LogP contribution in [-0.4, -0.2) is 19.2 Å². The predicted octanol–water partition coefficient (Wildman–Crippen LogP) is 3.08. The molecule has 0 aliphatic rings. The van der Waals surface area contributed by atoms with Crippen LogP contribution >= 0.6 is 0 Å². The maximum Gasteiger partial charge on any atom is 0.519 e. The highest BCUT2D eigenvalue weighted by atomic mass is 16.7. The monoisotopic (exact) mass is 284 g/mol. The molecule has 0 spiro atoms. The van der Waals surface area contributed by atoms with Crippen LogP contribution in [-0.2, 0) is 9.53 Å². The van der Waals surface area contributed by atoms with E-state index in [-0.39, 0.29) is 11.5 Å². The van der Waals surface area contributed by atoms with Crippen molar-refractivity contribution in [2.45, 2.75) is 0 Å². The molecule has 0 heterocycles. The minimum atomic E-state index is -0.907. The van der Waals surface area contributed by atoms with Gasteiger partial charge in [0.25, 0.3) is 0 Å². The van der Waals surface area contributed by atoms with Gasteiger partial charge in [-0.3, -0.25) is 0 Å². The van der Waals surface area contributed by atoms with E-state index < -0.39 is 6.16 Å². The summed E-state index contributed by atoms with van der Waals surface area (Å²) in [6, 6.07) is 15.0. The first-order valence-corrected chi connectivity index (χ1v) is 6.08. The van der Waals surface area contributed by atoms with Gasteiger partial charge in [-0.1, -0.05) is 30.3 Å². The largest absolute Gasteiger partial charge is 0.519 e. The molecule has 0 radical (unpaired) electrons. The molecule has 0 saturated carbocycles. The van der Waals surface area contributed by atoms with E-state index in [9.17, 15) is 9.59 Å². The highest BCUT2D eigenvalue weighted by molar-refractivity contribution is 5.86. The lowest BCUT2D eigenvalue weighted by Gasteiger charge is -2.09. The molecular formula is C16H12O5. The van der Waals surface area contributed by atoms with E-state index in [1.54, 1.807) is 54.5 Å². The first-order valence-electron chi connectivity index (χ1n) is 6.08. The molecule has 0 fully saturated rings. The molecular weight excluding hydrogens is 272 g/mol. The highest BCUT2D eigenvalue weighted by Crippen LogP contribution is 2.25. The van der Waals surface area contributed by atoms with Gasteiger partial charge in [-0.2, -0.15) is 0 Å². The van der Waals surface area contributed by atoms with E-state index in [1.165, 1.54) is 13.2 Å². The number of rotatable bonds is 4. The van der Waals surface area contributed by atoms with Gasteiger partial charge in [-0.05, 0) is 24.3 Å². The second-order valence-electron chi connectivity index (χ2n) is 3.90. The van der Waals surface area contributed by atoms with Gasteiger partial charge in [0.15, 0.2) is 5.94 Å². The highest BCUT2D eigenvalue weighted by Gasteiger charge is 2.14. The maximum atomic E-state index is 11.7. The minimum absolute atomic E-state index is 0.0573. The van der Waals surface area contributed by atoms with Crippen LogP contribution in [0.1, 0.15) is 5.56 Å². The summed E-state index contributed by atoms with van der Waals surface area (Å²) in [6.07, 6.45) is -0.907. The number of carbonyl (C=O) groups excluding carboxylic acids is 2. The van der Waals surface area contributed by atoms with Gasteiger partial charge in [-0.15, -0.1) is 0 Å². The summed E-state index contributed by atoms with van der Waals surface area (Å²) >= 11 is 0. The van der Waals surface area contributed by atoms with Crippen molar-refractivity contribution in [2.24, 2.45) is 0 Å². The molecule has 0 unspecified atom stereocenters. The smallest absolute Gasteiger partial charge is 0.486 e. The zero-order valence-corrected chi connectivity index (χ0v) is 11.2. The fourth-order valence-electron chi connectivity index (χ4n) is 1.65. The molecule has 21 heavy (non-hydrogen) atoms. The molecule has 0 bridgehead atoms. The molecule has 0 aliphatic heterocycles.